The molecule has 2 unspecified atom stereocenters. The van der Waals surface area contributed by atoms with Crippen molar-refractivity contribution in [1.29, 1.82) is 0 Å². The van der Waals surface area contributed by atoms with Gasteiger partial charge in [-0.15, -0.1) is 0 Å². The standard InChI is InChI=1S/C20H27N3O3/c1-12-8-6-7-9-16(12)18(11-19(24)25)21-20(26)13(2)10-17-14(3)22-23(5)15(17)4/h6-9,13,18H,10-11H2,1-5H3,(H,21,26)(H,24,25). The minimum absolute atomic E-state index is 0.145. The number of nitrogens with zero attached hydrogens (tertiary/aromatic N) is 2. The summed E-state index contributed by atoms with van der Waals surface area (Å²) in [6, 6.07) is 7.00. The molecule has 0 fully saturated rings. The summed E-state index contributed by atoms with van der Waals surface area (Å²) >= 11 is 0. The van der Waals surface area contributed by atoms with Gasteiger partial charge in [0.15, 0.2) is 0 Å². The predicted molar refractivity (Wildman–Crippen MR) is 99.9 cm³/mol. The Hall–Kier alpha value is -2.63. The summed E-state index contributed by atoms with van der Waals surface area (Å²) < 4.78 is 1.82. The van der Waals surface area contributed by atoms with E-state index in [0.717, 1.165) is 28.1 Å². The zero-order valence-corrected chi connectivity index (χ0v) is 16.0. The number of carbonyl (C=O) groups is 2. The van der Waals surface area contributed by atoms with Crippen LogP contribution in [0.2, 0.25) is 0 Å². The Labute approximate surface area is 154 Å². The molecule has 0 saturated heterocycles. The lowest BCUT2D eigenvalue weighted by Crippen LogP contribution is -2.35. The van der Waals surface area contributed by atoms with Gasteiger partial charge in [0.25, 0.3) is 0 Å². The molecule has 0 spiro atoms. The number of carboxylic acids is 1. The fourth-order valence-corrected chi connectivity index (χ4v) is 3.22. The second-order valence-corrected chi connectivity index (χ2v) is 6.89. The molecule has 0 bridgehead atoms. The molecule has 1 amide bonds. The molecule has 0 aliphatic rings. The van der Waals surface area contributed by atoms with Crippen molar-refractivity contribution in [2.24, 2.45) is 13.0 Å². The summed E-state index contributed by atoms with van der Waals surface area (Å²) in [7, 11) is 1.89. The topological polar surface area (TPSA) is 84.2 Å². The summed E-state index contributed by atoms with van der Waals surface area (Å²) in [6.07, 6.45) is 0.430. The van der Waals surface area contributed by atoms with Crippen molar-refractivity contribution in [1.82, 2.24) is 15.1 Å². The van der Waals surface area contributed by atoms with E-state index in [2.05, 4.69) is 10.4 Å². The molecule has 140 valence electrons. The lowest BCUT2D eigenvalue weighted by Gasteiger charge is -2.22. The number of rotatable bonds is 7. The van der Waals surface area contributed by atoms with Gasteiger partial charge in [-0.05, 0) is 43.9 Å². The number of amides is 1. The smallest absolute Gasteiger partial charge is 0.305 e. The Morgan fingerprint density at radius 3 is 2.42 bits per heavy atom. The highest BCUT2D eigenvalue weighted by Gasteiger charge is 2.24. The van der Waals surface area contributed by atoms with Crippen molar-refractivity contribution in [3.63, 3.8) is 0 Å². The first-order valence-corrected chi connectivity index (χ1v) is 8.77. The molecular weight excluding hydrogens is 330 g/mol. The van der Waals surface area contributed by atoms with Gasteiger partial charge in [-0.2, -0.15) is 5.10 Å². The van der Waals surface area contributed by atoms with E-state index in [1.807, 2.05) is 63.7 Å². The number of benzene rings is 1. The van der Waals surface area contributed by atoms with Crippen molar-refractivity contribution in [3.05, 3.63) is 52.3 Å². The maximum Gasteiger partial charge on any atom is 0.305 e. The van der Waals surface area contributed by atoms with Crippen LogP contribution in [0.3, 0.4) is 0 Å². The van der Waals surface area contributed by atoms with Gasteiger partial charge in [-0.25, -0.2) is 0 Å². The number of hydrogen-bond donors (Lipinski definition) is 2. The molecule has 0 aliphatic carbocycles. The van der Waals surface area contributed by atoms with Crippen LogP contribution in [0.5, 0.6) is 0 Å². The highest BCUT2D eigenvalue weighted by atomic mass is 16.4. The lowest BCUT2D eigenvalue weighted by molar-refractivity contribution is -0.137. The van der Waals surface area contributed by atoms with Crippen molar-refractivity contribution < 1.29 is 14.7 Å². The van der Waals surface area contributed by atoms with Crippen LogP contribution in [0.4, 0.5) is 0 Å². The van der Waals surface area contributed by atoms with Gasteiger partial charge in [0.1, 0.15) is 0 Å². The van der Waals surface area contributed by atoms with Gasteiger partial charge in [-0.1, -0.05) is 31.2 Å². The van der Waals surface area contributed by atoms with Crippen LogP contribution in [-0.4, -0.2) is 26.8 Å². The zero-order valence-electron chi connectivity index (χ0n) is 16.0. The van der Waals surface area contributed by atoms with Gasteiger partial charge in [0.2, 0.25) is 5.91 Å². The van der Waals surface area contributed by atoms with Crippen LogP contribution in [0, 0.1) is 26.7 Å². The van der Waals surface area contributed by atoms with E-state index in [9.17, 15) is 14.7 Å². The fraction of sp³-hybridized carbons (Fsp3) is 0.450. The fourth-order valence-electron chi connectivity index (χ4n) is 3.22. The van der Waals surface area contributed by atoms with Crippen LogP contribution in [0.15, 0.2) is 24.3 Å². The average Bonchev–Trinajstić information content (AvgIpc) is 2.80. The molecule has 2 atom stereocenters. The lowest BCUT2D eigenvalue weighted by atomic mass is 9.95. The molecule has 1 heterocycles. The largest absolute Gasteiger partial charge is 0.481 e. The first kappa shape index (κ1) is 19.7. The second-order valence-electron chi connectivity index (χ2n) is 6.89. The monoisotopic (exact) mass is 357 g/mol. The molecule has 1 aromatic heterocycles. The quantitative estimate of drug-likeness (QED) is 0.798. The van der Waals surface area contributed by atoms with Crippen LogP contribution in [0.25, 0.3) is 0 Å². The van der Waals surface area contributed by atoms with E-state index in [1.165, 1.54) is 0 Å². The minimum Gasteiger partial charge on any atom is -0.481 e. The first-order valence-electron chi connectivity index (χ1n) is 8.77. The van der Waals surface area contributed by atoms with Crippen molar-refractivity contribution in [2.75, 3.05) is 0 Å². The zero-order chi connectivity index (χ0) is 19.4. The maximum absolute atomic E-state index is 12.7. The minimum atomic E-state index is -0.940. The number of aliphatic carboxylic acids is 1. The third-order valence-electron chi connectivity index (χ3n) is 4.88. The van der Waals surface area contributed by atoms with Crippen LogP contribution in [-0.2, 0) is 23.1 Å². The number of carbonyl (C=O) groups excluding carboxylic acids is 1. The van der Waals surface area contributed by atoms with E-state index < -0.39 is 12.0 Å². The van der Waals surface area contributed by atoms with Crippen LogP contribution < -0.4 is 5.32 Å². The van der Waals surface area contributed by atoms with Gasteiger partial charge in [-0.3, -0.25) is 14.3 Å². The molecule has 0 aliphatic heterocycles. The van der Waals surface area contributed by atoms with E-state index in [4.69, 9.17) is 0 Å². The molecule has 0 radical (unpaired) electrons. The van der Waals surface area contributed by atoms with Gasteiger partial charge < -0.3 is 10.4 Å². The SMILES string of the molecule is Cc1ccccc1C(CC(=O)O)NC(=O)C(C)Cc1c(C)nn(C)c1C. The summed E-state index contributed by atoms with van der Waals surface area (Å²) in [5, 5.41) is 16.5. The highest BCUT2D eigenvalue weighted by molar-refractivity contribution is 5.80. The summed E-state index contributed by atoms with van der Waals surface area (Å²) in [5.41, 5.74) is 4.84. The number of aryl methyl sites for hydroxylation is 3. The van der Waals surface area contributed by atoms with E-state index >= 15 is 0 Å². The normalized spacial score (nSPS) is 13.3. The molecule has 6 heteroatoms. The Morgan fingerprint density at radius 1 is 1.23 bits per heavy atom. The number of nitrogens with one attached hydrogen (secondary N) is 1. The number of aromatic nitrogens is 2. The van der Waals surface area contributed by atoms with Crippen molar-refractivity contribution in [2.45, 2.75) is 46.6 Å². The van der Waals surface area contributed by atoms with Crippen LogP contribution >= 0.6 is 0 Å². The molecule has 0 saturated carbocycles. The molecule has 6 nitrogen and oxygen atoms in total. The molecule has 26 heavy (non-hydrogen) atoms. The molecule has 2 N–H and O–H groups in total. The Bertz CT molecular complexity index is 811. The Kier molecular flexibility index (Phi) is 6.18. The third kappa shape index (κ3) is 4.50. The van der Waals surface area contributed by atoms with Gasteiger partial charge in [0.05, 0.1) is 18.2 Å². The van der Waals surface area contributed by atoms with Crippen LogP contribution in [0.1, 0.15) is 47.5 Å². The highest BCUT2D eigenvalue weighted by Crippen LogP contribution is 2.22. The Balaban J connectivity index is 2.15. The van der Waals surface area contributed by atoms with Crippen molar-refractivity contribution >= 4 is 11.9 Å². The van der Waals surface area contributed by atoms with E-state index in [-0.39, 0.29) is 18.2 Å². The van der Waals surface area contributed by atoms with E-state index in [1.54, 1.807) is 0 Å². The molecule has 2 aromatic rings. The second kappa shape index (κ2) is 8.17. The summed E-state index contributed by atoms with van der Waals surface area (Å²) in [6.45, 7) is 7.70. The number of carboxylic acid groups (broad SMARTS) is 1. The third-order valence-corrected chi connectivity index (χ3v) is 4.88. The molecule has 2 rings (SSSR count). The van der Waals surface area contributed by atoms with Gasteiger partial charge >= 0.3 is 5.97 Å². The van der Waals surface area contributed by atoms with Gasteiger partial charge in [0, 0.05) is 18.7 Å². The Morgan fingerprint density at radius 2 is 1.88 bits per heavy atom. The average molecular weight is 357 g/mol. The maximum atomic E-state index is 12.7. The summed E-state index contributed by atoms with van der Waals surface area (Å²) in [4.78, 5) is 24.0. The molecular formula is C20H27N3O3. The predicted octanol–water partition coefficient (Wildman–Crippen LogP) is 2.86. The first-order chi connectivity index (χ1) is 12.2. The van der Waals surface area contributed by atoms with E-state index in [0.29, 0.717) is 6.42 Å². The summed E-state index contributed by atoms with van der Waals surface area (Å²) in [5.74, 6) is -1.37. The number of hydrogen-bond acceptors (Lipinski definition) is 3. The molecule has 1 aromatic carbocycles. The van der Waals surface area contributed by atoms with Crippen molar-refractivity contribution in [3.8, 4) is 0 Å².